The van der Waals surface area contributed by atoms with Crippen molar-refractivity contribution in [1.29, 1.82) is 0 Å². The van der Waals surface area contributed by atoms with Gasteiger partial charge in [-0.05, 0) is 18.8 Å². The molecular weight excluding hydrogens is 288 g/mol. The molecule has 0 spiro atoms. The number of hydrazine groups is 2. The molecule has 0 aliphatic carbocycles. The molecule has 0 aromatic carbocycles. The molecule has 128 valence electrons. The molecule has 22 heavy (non-hydrogen) atoms. The predicted octanol–water partition coefficient (Wildman–Crippen LogP) is -0.103. The normalized spacial score (nSPS) is 11.0. The second-order valence-corrected chi connectivity index (χ2v) is 5.88. The number of rotatable bonds is 7. The lowest BCUT2D eigenvalue weighted by Crippen LogP contribution is -2.54. The van der Waals surface area contributed by atoms with E-state index in [0.29, 0.717) is 12.5 Å². The van der Waals surface area contributed by atoms with Crippen molar-refractivity contribution >= 4 is 17.8 Å². The number of hydrogen-bond donors (Lipinski definition) is 2. The average molecular weight is 316 g/mol. The fraction of sp³-hybridized carbons (Fsp3) is 0.786. The van der Waals surface area contributed by atoms with Crippen LogP contribution in [-0.2, 0) is 19.1 Å². The van der Waals surface area contributed by atoms with Crippen LogP contribution < -0.4 is 11.3 Å². The van der Waals surface area contributed by atoms with E-state index in [9.17, 15) is 14.4 Å². The van der Waals surface area contributed by atoms with Crippen molar-refractivity contribution in [3.8, 4) is 0 Å². The molecule has 0 rings (SSSR count). The summed E-state index contributed by atoms with van der Waals surface area (Å²) in [6.45, 7) is 10.2. The maximum Gasteiger partial charge on any atom is 0.398 e. The highest BCUT2D eigenvalue weighted by atomic mass is 16.5. The van der Waals surface area contributed by atoms with Gasteiger partial charge in [-0.25, -0.2) is 9.80 Å². The highest BCUT2D eigenvalue weighted by Crippen LogP contribution is 1.99. The predicted molar refractivity (Wildman–Crippen MR) is 81.9 cm³/mol. The van der Waals surface area contributed by atoms with E-state index < -0.39 is 11.9 Å². The Labute approximate surface area is 131 Å². The van der Waals surface area contributed by atoms with Gasteiger partial charge in [0, 0.05) is 13.1 Å². The Kier molecular flexibility index (Phi) is 9.35. The lowest BCUT2D eigenvalue weighted by molar-refractivity contribution is -0.159. The van der Waals surface area contributed by atoms with Crippen LogP contribution in [0.25, 0.3) is 0 Å². The van der Waals surface area contributed by atoms with Crippen molar-refractivity contribution in [1.82, 2.24) is 15.4 Å². The Morgan fingerprint density at radius 2 is 1.64 bits per heavy atom. The standard InChI is InChI=1S/C14H28N4O4/c1-6-22-14(21)13(20)16-18(8-11(4)5)12(19)9-17(15)7-10(2)3/h10-11H,6-9,15H2,1-5H3,(H,16,20). The Balaban J connectivity index is 4.71. The zero-order chi connectivity index (χ0) is 17.3. The molecule has 0 saturated heterocycles. The van der Waals surface area contributed by atoms with E-state index in [0.717, 1.165) is 5.01 Å². The number of carbonyl (C=O) groups excluding carboxylic acids is 3. The molecule has 0 aliphatic heterocycles. The lowest BCUT2D eigenvalue weighted by Gasteiger charge is -2.27. The lowest BCUT2D eigenvalue weighted by atomic mass is 10.2. The fourth-order valence-electron chi connectivity index (χ4n) is 1.73. The van der Waals surface area contributed by atoms with Crippen molar-refractivity contribution < 1.29 is 19.1 Å². The molecule has 0 fully saturated rings. The molecule has 0 aromatic heterocycles. The summed E-state index contributed by atoms with van der Waals surface area (Å²) in [5.74, 6) is 3.82. The number of nitrogens with zero attached hydrogens (tertiary/aromatic N) is 2. The SMILES string of the molecule is CCOC(=O)C(=O)NN(CC(C)C)C(=O)CN(N)CC(C)C. The molecule has 0 aliphatic rings. The number of ether oxygens (including phenoxy) is 1. The minimum atomic E-state index is -1.02. The summed E-state index contributed by atoms with van der Waals surface area (Å²) in [5, 5.41) is 2.50. The van der Waals surface area contributed by atoms with Gasteiger partial charge in [0.05, 0.1) is 13.2 Å². The Morgan fingerprint density at radius 1 is 1.09 bits per heavy atom. The van der Waals surface area contributed by atoms with Crippen molar-refractivity contribution in [2.45, 2.75) is 34.6 Å². The zero-order valence-corrected chi connectivity index (χ0v) is 14.1. The van der Waals surface area contributed by atoms with E-state index in [2.05, 4.69) is 10.2 Å². The van der Waals surface area contributed by atoms with Crippen molar-refractivity contribution in [2.75, 3.05) is 26.2 Å². The minimum absolute atomic E-state index is 0.0476. The maximum atomic E-state index is 12.2. The number of hydrogen-bond acceptors (Lipinski definition) is 6. The van der Waals surface area contributed by atoms with Gasteiger partial charge in [-0.1, -0.05) is 27.7 Å². The van der Waals surface area contributed by atoms with Crippen LogP contribution in [0.3, 0.4) is 0 Å². The monoisotopic (exact) mass is 316 g/mol. The van der Waals surface area contributed by atoms with E-state index in [-0.39, 0.29) is 31.5 Å². The summed E-state index contributed by atoms with van der Waals surface area (Å²) in [6, 6.07) is 0. The summed E-state index contributed by atoms with van der Waals surface area (Å²) in [7, 11) is 0. The van der Waals surface area contributed by atoms with Crippen LogP contribution in [-0.4, -0.2) is 54.0 Å². The van der Waals surface area contributed by atoms with Crippen LogP contribution in [0.15, 0.2) is 0 Å². The summed E-state index contributed by atoms with van der Waals surface area (Å²) < 4.78 is 4.60. The van der Waals surface area contributed by atoms with Crippen LogP contribution >= 0.6 is 0 Å². The smallest absolute Gasteiger partial charge is 0.398 e. The van der Waals surface area contributed by atoms with Gasteiger partial charge in [-0.15, -0.1) is 0 Å². The number of esters is 1. The van der Waals surface area contributed by atoms with Gasteiger partial charge in [0.1, 0.15) is 0 Å². The third kappa shape index (κ3) is 8.58. The highest BCUT2D eigenvalue weighted by Gasteiger charge is 2.23. The van der Waals surface area contributed by atoms with Gasteiger partial charge in [0.15, 0.2) is 0 Å². The molecule has 3 N–H and O–H groups in total. The Hall–Kier alpha value is -1.67. The van der Waals surface area contributed by atoms with Gasteiger partial charge in [-0.2, -0.15) is 0 Å². The second kappa shape index (κ2) is 10.1. The first-order valence-corrected chi connectivity index (χ1v) is 7.45. The number of nitrogens with two attached hydrogens (primary N) is 1. The van der Waals surface area contributed by atoms with Crippen LogP contribution in [0.2, 0.25) is 0 Å². The number of amides is 2. The van der Waals surface area contributed by atoms with Gasteiger partial charge in [0.25, 0.3) is 5.91 Å². The molecular formula is C14H28N4O4. The molecule has 0 atom stereocenters. The van der Waals surface area contributed by atoms with Gasteiger partial charge in [0.2, 0.25) is 0 Å². The van der Waals surface area contributed by atoms with Crippen LogP contribution in [0.5, 0.6) is 0 Å². The molecule has 0 saturated carbocycles. The maximum absolute atomic E-state index is 12.2. The number of nitrogens with one attached hydrogen (secondary N) is 1. The second-order valence-electron chi connectivity index (χ2n) is 5.88. The molecule has 0 aromatic rings. The summed E-state index contributed by atoms with van der Waals surface area (Å²) in [4.78, 5) is 35.2. The van der Waals surface area contributed by atoms with E-state index in [1.165, 1.54) is 5.01 Å². The van der Waals surface area contributed by atoms with Crippen molar-refractivity contribution in [3.05, 3.63) is 0 Å². The molecule has 0 heterocycles. The first-order chi connectivity index (χ1) is 10.2. The summed E-state index contributed by atoms with van der Waals surface area (Å²) >= 11 is 0. The van der Waals surface area contributed by atoms with Crippen LogP contribution in [0.4, 0.5) is 0 Å². The van der Waals surface area contributed by atoms with Crippen LogP contribution in [0, 0.1) is 11.8 Å². The minimum Gasteiger partial charge on any atom is -0.459 e. The fourth-order valence-corrected chi connectivity index (χ4v) is 1.73. The Bertz CT molecular complexity index is 385. The molecule has 8 nitrogen and oxygen atoms in total. The molecule has 0 unspecified atom stereocenters. The van der Waals surface area contributed by atoms with Crippen LogP contribution in [0.1, 0.15) is 34.6 Å². The molecule has 0 bridgehead atoms. The topological polar surface area (TPSA) is 105 Å². The largest absolute Gasteiger partial charge is 0.459 e. The first kappa shape index (κ1) is 20.3. The zero-order valence-electron chi connectivity index (χ0n) is 14.1. The third-order valence-electron chi connectivity index (χ3n) is 2.48. The molecule has 0 radical (unpaired) electrons. The first-order valence-electron chi connectivity index (χ1n) is 7.45. The van der Waals surface area contributed by atoms with Gasteiger partial charge < -0.3 is 4.74 Å². The van der Waals surface area contributed by atoms with E-state index in [4.69, 9.17) is 5.84 Å². The van der Waals surface area contributed by atoms with E-state index in [1.807, 2.05) is 27.7 Å². The highest BCUT2D eigenvalue weighted by molar-refractivity contribution is 6.32. The van der Waals surface area contributed by atoms with Gasteiger partial charge >= 0.3 is 11.9 Å². The summed E-state index contributed by atoms with van der Waals surface area (Å²) in [6.07, 6.45) is 0. The average Bonchev–Trinajstić information content (AvgIpc) is 2.36. The molecule has 2 amide bonds. The third-order valence-corrected chi connectivity index (χ3v) is 2.48. The van der Waals surface area contributed by atoms with E-state index >= 15 is 0 Å². The number of carbonyl (C=O) groups is 3. The van der Waals surface area contributed by atoms with E-state index in [1.54, 1.807) is 6.92 Å². The van der Waals surface area contributed by atoms with Crippen molar-refractivity contribution in [3.63, 3.8) is 0 Å². The summed E-state index contributed by atoms with van der Waals surface area (Å²) in [5.41, 5.74) is 2.28. The molecule has 8 heteroatoms. The van der Waals surface area contributed by atoms with Crippen molar-refractivity contribution in [2.24, 2.45) is 17.7 Å². The van der Waals surface area contributed by atoms with Gasteiger partial charge in [-0.3, -0.25) is 25.9 Å². The quantitative estimate of drug-likeness (QED) is 0.294. The Morgan fingerprint density at radius 3 is 2.09 bits per heavy atom.